The van der Waals surface area contributed by atoms with Crippen molar-refractivity contribution in [2.24, 2.45) is 0 Å². The summed E-state index contributed by atoms with van der Waals surface area (Å²) < 4.78 is 44.0. The molecule has 1 aliphatic rings. The minimum atomic E-state index is -4.33. The lowest BCUT2D eigenvalue weighted by atomic mass is 10.0. The normalized spacial score (nSPS) is 16.5. The Balaban J connectivity index is 1.69. The summed E-state index contributed by atoms with van der Waals surface area (Å²) in [6.07, 6.45) is -4.33. The highest BCUT2D eigenvalue weighted by Gasteiger charge is 2.31. The molecule has 1 unspecified atom stereocenters. The van der Waals surface area contributed by atoms with Crippen LogP contribution in [0.3, 0.4) is 0 Å². The second-order valence-electron chi connectivity index (χ2n) is 6.72. The number of nitrogens with zero attached hydrogens (tertiary/aromatic N) is 2. The Morgan fingerprint density at radius 2 is 1.68 bits per heavy atom. The van der Waals surface area contributed by atoms with E-state index in [4.69, 9.17) is 10.00 Å². The van der Waals surface area contributed by atoms with Crippen molar-refractivity contribution in [1.29, 1.82) is 5.26 Å². The van der Waals surface area contributed by atoms with E-state index in [2.05, 4.69) is 16.3 Å². The van der Waals surface area contributed by atoms with Crippen molar-refractivity contribution in [3.05, 3.63) is 70.8 Å². The summed E-state index contributed by atoms with van der Waals surface area (Å²) in [5.41, 5.74) is 1.87. The largest absolute Gasteiger partial charge is 0.416 e. The predicted molar refractivity (Wildman–Crippen MR) is 99.4 cm³/mol. The third kappa shape index (κ3) is 5.32. The number of halogens is 3. The molecular formula is C21H22F3N3O. The van der Waals surface area contributed by atoms with Gasteiger partial charge in [-0.2, -0.15) is 18.4 Å². The smallest absolute Gasteiger partial charge is 0.379 e. The van der Waals surface area contributed by atoms with Crippen molar-refractivity contribution < 1.29 is 17.9 Å². The third-order valence-corrected chi connectivity index (χ3v) is 4.86. The zero-order chi connectivity index (χ0) is 20.0. The zero-order valence-corrected chi connectivity index (χ0v) is 15.4. The van der Waals surface area contributed by atoms with Gasteiger partial charge in [0.05, 0.1) is 30.4 Å². The molecular weight excluding hydrogens is 367 g/mol. The fourth-order valence-corrected chi connectivity index (χ4v) is 3.29. The lowest BCUT2D eigenvalue weighted by Crippen LogP contribution is -2.42. The molecule has 1 aliphatic heterocycles. The van der Waals surface area contributed by atoms with Gasteiger partial charge in [-0.1, -0.05) is 24.3 Å². The Morgan fingerprint density at radius 3 is 2.25 bits per heavy atom. The Hall–Kier alpha value is -2.40. The number of nitrogens with one attached hydrogen (secondary N) is 1. The van der Waals surface area contributed by atoms with Crippen LogP contribution < -0.4 is 5.32 Å². The summed E-state index contributed by atoms with van der Waals surface area (Å²) in [7, 11) is 0. The highest BCUT2D eigenvalue weighted by Crippen LogP contribution is 2.31. The van der Waals surface area contributed by atoms with Crippen molar-refractivity contribution in [3.8, 4) is 6.07 Å². The number of alkyl halides is 3. The van der Waals surface area contributed by atoms with Crippen LogP contribution in [0.5, 0.6) is 0 Å². The highest BCUT2D eigenvalue weighted by atomic mass is 19.4. The fourth-order valence-electron chi connectivity index (χ4n) is 3.29. The molecule has 28 heavy (non-hydrogen) atoms. The summed E-state index contributed by atoms with van der Waals surface area (Å²) in [5.74, 6) is 0. The average Bonchev–Trinajstić information content (AvgIpc) is 2.72. The average molecular weight is 389 g/mol. The van der Waals surface area contributed by atoms with E-state index in [9.17, 15) is 13.2 Å². The van der Waals surface area contributed by atoms with Crippen LogP contribution in [0.15, 0.2) is 48.5 Å². The van der Waals surface area contributed by atoms with Crippen LogP contribution in [0.1, 0.15) is 28.3 Å². The molecule has 7 heteroatoms. The predicted octanol–water partition coefficient (Wildman–Crippen LogP) is 3.74. The molecule has 1 atom stereocenters. The van der Waals surface area contributed by atoms with Gasteiger partial charge in [0.1, 0.15) is 0 Å². The zero-order valence-electron chi connectivity index (χ0n) is 15.4. The highest BCUT2D eigenvalue weighted by molar-refractivity contribution is 5.31. The Morgan fingerprint density at radius 1 is 1.04 bits per heavy atom. The summed E-state index contributed by atoms with van der Waals surface area (Å²) in [4.78, 5) is 2.23. The van der Waals surface area contributed by atoms with Gasteiger partial charge in [-0.3, -0.25) is 4.90 Å². The van der Waals surface area contributed by atoms with E-state index in [1.807, 2.05) is 12.1 Å². The van der Waals surface area contributed by atoms with Gasteiger partial charge >= 0.3 is 6.18 Å². The van der Waals surface area contributed by atoms with E-state index in [1.165, 1.54) is 0 Å². The van der Waals surface area contributed by atoms with Crippen molar-refractivity contribution in [2.75, 3.05) is 32.8 Å². The molecule has 0 aliphatic carbocycles. The van der Waals surface area contributed by atoms with E-state index in [-0.39, 0.29) is 6.04 Å². The minimum Gasteiger partial charge on any atom is -0.379 e. The van der Waals surface area contributed by atoms with Crippen LogP contribution in [-0.2, 0) is 17.5 Å². The van der Waals surface area contributed by atoms with E-state index in [1.54, 1.807) is 24.3 Å². The maximum Gasteiger partial charge on any atom is 0.416 e. The molecule has 4 nitrogen and oxygen atoms in total. The first-order valence-corrected chi connectivity index (χ1v) is 9.16. The second-order valence-corrected chi connectivity index (χ2v) is 6.72. The molecule has 0 aromatic heterocycles. The number of hydrogen-bond donors (Lipinski definition) is 1. The molecule has 0 saturated carbocycles. The van der Waals surface area contributed by atoms with E-state index in [0.717, 1.165) is 36.3 Å². The topological polar surface area (TPSA) is 48.3 Å². The SMILES string of the molecule is N#Cc1ccc(CNCC(c2ccc(C(F)(F)F)cc2)N2CCOCC2)cc1. The molecule has 1 heterocycles. The summed E-state index contributed by atoms with van der Waals surface area (Å²) in [5, 5.41) is 12.3. The van der Waals surface area contributed by atoms with Crippen LogP contribution in [0.4, 0.5) is 13.2 Å². The van der Waals surface area contributed by atoms with Gasteiger partial charge < -0.3 is 10.1 Å². The van der Waals surface area contributed by atoms with Crippen LogP contribution in [0.2, 0.25) is 0 Å². The molecule has 2 aromatic carbocycles. The first-order valence-electron chi connectivity index (χ1n) is 9.16. The van der Waals surface area contributed by atoms with E-state index >= 15 is 0 Å². The van der Waals surface area contributed by atoms with Gasteiger partial charge in [0.25, 0.3) is 0 Å². The van der Waals surface area contributed by atoms with Crippen LogP contribution in [0, 0.1) is 11.3 Å². The molecule has 148 valence electrons. The standard InChI is InChI=1S/C21H22F3N3O/c22-21(23,24)19-7-5-18(6-8-19)20(27-9-11-28-12-10-27)15-26-14-17-3-1-16(13-25)2-4-17/h1-8,20,26H,9-12,14-15H2. The molecule has 0 radical (unpaired) electrons. The number of hydrogen-bond acceptors (Lipinski definition) is 4. The molecule has 1 fully saturated rings. The number of rotatable bonds is 6. The number of benzene rings is 2. The molecule has 1 N–H and O–H groups in total. The first kappa shape index (κ1) is 20.3. The van der Waals surface area contributed by atoms with Gasteiger partial charge in [0.2, 0.25) is 0 Å². The van der Waals surface area contributed by atoms with E-state index < -0.39 is 11.7 Å². The lowest BCUT2D eigenvalue weighted by molar-refractivity contribution is -0.137. The van der Waals surface area contributed by atoms with Crippen LogP contribution >= 0.6 is 0 Å². The molecule has 0 spiro atoms. The van der Waals surface area contributed by atoms with Crippen LogP contribution in [0.25, 0.3) is 0 Å². The van der Waals surface area contributed by atoms with Gasteiger partial charge in [0.15, 0.2) is 0 Å². The van der Waals surface area contributed by atoms with Gasteiger partial charge in [-0.25, -0.2) is 0 Å². The quantitative estimate of drug-likeness (QED) is 0.818. The van der Waals surface area contributed by atoms with Gasteiger partial charge in [0, 0.05) is 32.2 Å². The molecule has 0 amide bonds. The van der Waals surface area contributed by atoms with Crippen molar-refractivity contribution in [3.63, 3.8) is 0 Å². The van der Waals surface area contributed by atoms with Crippen molar-refractivity contribution >= 4 is 0 Å². The number of morpholine rings is 1. The van der Waals surface area contributed by atoms with Gasteiger partial charge in [-0.15, -0.1) is 0 Å². The summed E-state index contributed by atoms with van der Waals surface area (Å²) >= 11 is 0. The third-order valence-electron chi connectivity index (χ3n) is 4.86. The molecule has 3 rings (SSSR count). The molecule has 0 bridgehead atoms. The molecule has 1 saturated heterocycles. The Bertz CT molecular complexity index is 792. The number of ether oxygens (including phenoxy) is 1. The number of nitriles is 1. The monoisotopic (exact) mass is 389 g/mol. The van der Waals surface area contributed by atoms with Crippen molar-refractivity contribution in [2.45, 2.75) is 18.8 Å². The second kappa shape index (κ2) is 9.20. The van der Waals surface area contributed by atoms with E-state index in [0.29, 0.717) is 31.9 Å². The maximum absolute atomic E-state index is 12.9. The van der Waals surface area contributed by atoms with Gasteiger partial charge in [-0.05, 0) is 35.4 Å². The summed E-state index contributed by atoms with van der Waals surface area (Å²) in [6, 6.07) is 14.8. The summed E-state index contributed by atoms with van der Waals surface area (Å²) in [6.45, 7) is 3.94. The fraction of sp³-hybridized carbons (Fsp3) is 0.381. The maximum atomic E-state index is 12.9. The first-order chi connectivity index (χ1) is 13.5. The minimum absolute atomic E-state index is 0.0374. The Labute approximate surface area is 162 Å². The van der Waals surface area contributed by atoms with Crippen molar-refractivity contribution in [1.82, 2.24) is 10.2 Å². The Kier molecular flexibility index (Phi) is 6.68. The van der Waals surface area contributed by atoms with Crippen LogP contribution in [-0.4, -0.2) is 37.7 Å². The molecule has 2 aromatic rings. The lowest BCUT2D eigenvalue weighted by Gasteiger charge is -2.35.